The fraction of sp³-hybridized carbons (Fsp3) is 0.308. The maximum atomic E-state index is 5.01. The molecule has 84 valence electrons. The Kier molecular flexibility index (Phi) is 3.37. The van der Waals surface area contributed by atoms with E-state index in [1.165, 1.54) is 16.7 Å². The summed E-state index contributed by atoms with van der Waals surface area (Å²) in [5.74, 6) is 0.866. The smallest absolute Gasteiger partial charge is 0.150 e. The summed E-state index contributed by atoms with van der Waals surface area (Å²) >= 11 is 0. The third kappa shape index (κ3) is 2.70. The second-order valence-electron chi connectivity index (χ2n) is 4.01. The summed E-state index contributed by atoms with van der Waals surface area (Å²) in [4.78, 5) is 0. The van der Waals surface area contributed by atoms with Crippen molar-refractivity contribution in [3.8, 4) is 0 Å². The van der Waals surface area contributed by atoms with Crippen LogP contribution in [0.4, 0.5) is 0 Å². The van der Waals surface area contributed by atoms with E-state index >= 15 is 0 Å². The molecular formula is C13H16N2O. The van der Waals surface area contributed by atoms with E-state index in [9.17, 15) is 0 Å². The lowest BCUT2D eigenvalue weighted by atomic mass is 10.1. The van der Waals surface area contributed by atoms with Gasteiger partial charge in [0.25, 0.3) is 0 Å². The van der Waals surface area contributed by atoms with Gasteiger partial charge < -0.3 is 9.84 Å². The van der Waals surface area contributed by atoms with E-state index in [-0.39, 0.29) is 0 Å². The van der Waals surface area contributed by atoms with Gasteiger partial charge >= 0.3 is 0 Å². The molecule has 2 rings (SSSR count). The first-order valence-electron chi connectivity index (χ1n) is 5.42. The Morgan fingerprint density at radius 1 is 1.19 bits per heavy atom. The first-order chi connectivity index (χ1) is 7.75. The molecule has 0 unspecified atom stereocenters. The average Bonchev–Trinajstić information content (AvgIpc) is 2.74. The topological polar surface area (TPSA) is 38.1 Å². The number of hydrogen-bond donors (Lipinski definition) is 1. The molecular weight excluding hydrogens is 200 g/mol. The lowest BCUT2D eigenvalue weighted by Crippen LogP contribution is -2.13. The van der Waals surface area contributed by atoms with Crippen LogP contribution in [0.15, 0.2) is 35.0 Å². The van der Waals surface area contributed by atoms with Gasteiger partial charge in [0.15, 0.2) is 0 Å². The van der Waals surface area contributed by atoms with Crippen LogP contribution < -0.4 is 5.32 Å². The third-order valence-corrected chi connectivity index (χ3v) is 2.60. The Morgan fingerprint density at radius 3 is 2.75 bits per heavy atom. The van der Waals surface area contributed by atoms with Crippen molar-refractivity contribution in [2.75, 3.05) is 0 Å². The van der Waals surface area contributed by atoms with E-state index in [0.29, 0.717) is 6.54 Å². The second kappa shape index (κ2) is 4.94. The Bertz CT molecular complexity index is 449. The highest BCUT2D eigenvalue weighted by atomic mass is 16.5. The normalized spacial score (nSPS) is 10.6. The van der Waals surface area contributed by atoms with Gasteiger partial charge in [0.1, 0.15) is 5.76 Å². The number of hydrogen-bond acceptors (Lipinski definition) is 3. The molecule has 0 aliphatic heterocycles. The van der Waals surface area contributed by atoms with E-state index in [0.717, 1.165) is 12.3 Å². The standard InChI is InChI=1S/C13H16N2O/c1-10-3-4-12(11(2)7-10)8-14-9-13-5-6-15-16-13/h3-7,14H,8-9H2,1-2H3. The highest BCUT2D eigenvalue weighted by Crippen LogP contribution is 2.10. The van der Waals surface area contributed by atoms with Crippen LogP contribution in [0.2, 0.25) is 0 Å². The zero-order valence-corrected chi connectivity index (χ0v) is 9.66. The van der Waals surface area contributed by atoms with Crippen LogP contribution >= 0.6 is 0 Å². The number of nitrogens with zero attached hydrogens (tertiary/aromatic N) is 1. The van der Waals surface area contributed by atoms with Crippen LogP contribution in [0.5, 0.6) is 0 Å². The van der Waals surface area contributed by atoms with E-state index in [1.54, 1.807) is 6.20 Å². The molecule has 1 N–H and O–H groups in total. The second-order valence-corrected chi connectivity index (χ2v) is 4.01. The Labute approximate surface area is 95.5 Å². The van der Waals surface area contributed by atoms with Gasteiger partial charge in [0, 0.05) is 12.6 Å². The zero-order valence-electron chi connectivity index (χ0n) is 9.66. The molecule has 0 atom stereocenters. The molecule has 1 aromatic heterocycles. The summed E-state index contributed by atoms with van der Waals surface area (Å²) in [6.45, 7) is 5.82. The summed E-state index contributed by atoms with van der Waals surface area (Å²) in [6.07, 6.45) is 1.66. The van der Waals surface area contributed by atoms with Crippen molar-refractivity contribution in [3.05, 3.63) is 52.9 Å². The van der Waals surface area contributed by atoms with E-state index in [4.69, 9.17) is 4.52 Å². The van der Waals surface area contributed by atoms with Gasteiger partial charge in [-0.2, -0.15) is 0 Å². The largest absolute Gasteiger partial charge is 0.360 e. The quantitative estimate of drug-likeness (QED) is 0.853. The third-order valence-electron chi connectivity index (χ3n) is 2.60. The molecule has 0 saturated heterocycles. The predicted octanol–water partition coefficient (Wildman–Crippen LogP) is 2.58. The number of benzene rings is 1. The lowest BCUT2D eigenvalue weighted by molar-refractivity contribution is 0.372. The summed E-state index contributed by atoms with van der Waals surface area (Å²) in [5, 5.41) is 6.99. The molecule has 0 fully saturated rings. The van der Waals surface area contributed by atoms with Crippen molar-refractivity contribution >= 4 is 0 Å². The molecule has 16 heavy (non-hydrogen) atoms. The molecule has 0 spiro atoms. The summed E-state index contributed by atoms with van der Waals surface area (Å²) < 4.78 is 5.01. The van der Waals surface area contributed by atoms with Crippen LogP contribution in [0.1, 0.15) is 22.5 Å². The molecule has 1 aromatic carbocycles. The van der Waals surface area contributed by atoms with Crippen molar-refractivity contribution in [2.45, 2.75) is 26.9 Å². The van der Waals surface area contributed by atoms with E-state index < -0.39 is 0 Å². The van der Waals surface area contributed by atoms with Crippen molar-refractivity contribution in [3.63, 3.8) is 0 Å². The predicted molar refractivity (Wildman–Crippen MR) is 63.0 cm³/mol. The number of aryl methyl sites for hydroxylation is 2. The molecule has 0 saturated carbocycles. The van der Waals surface area contributed by atoms with Crippen LogP contribution in [0, 0.1) is 13.8 Å². The van der Waals surface area contributed by atoms with Gasteiger partial charge in [-0.1, -0.05) is 28.9 Å². The highest BCUT2D eigenvalue weighted by molar-refractivity contribution is 5.30. The summed E-state index contributed by atoms with van der Waals surface area (Å²) in [5.41, 5.74) is 3.95. The minimum atomic E-state index is 0.716. The molecule has 0 bridgehead atoms. The number of nitrogens with one attached hydrogen (secondary N) is 1. The fourth-order valence-electron chi connectivity index (χ4n) is 1.70. The van der Waals surface area contributed by atoms with Crippen molar-refractivity contribution in [1.29, 1.82) is 0 Å². The molecule has 3 nitrogen and oxygen atoms in total. The number of aromatic nitrogens is 1. The zero-order chi connectivity index (χ0) is 11.4. The molecule has 0 radical (unpaired) electrons. The first kappa shape index (κ1) is 10.9. The van der Waals surface area contributed by atoms with Crippen LogP contribution in [-0.4, -0.2) is 5.16 Å². The van der Waals surface area contributed by atoms with Crippen LogP contribution in [-0.2, 0) is 13.1 Å². The summed E-state index contributed by atoms with van der Waals surface area (Å²) in [6, 6.07) is 8.37. The Morgan fingerprint density at radius 2 is 2.06 bits per heavy atom. The van der Waals surface area contributed by atoms with Gasteiger partial charge in [-0.25, -0.2) is 0 Å². The van der Waals surface area contributed by atoms with Crippen molar-refractivity contribution < 1.29 is 4.52 Å². The fourth-order valence-corrected chi connectivity index (χ4v) is 1.70. The Hall–Kier alpha value is -1.61. The molecule has 0 aliphatic rings. The minimum Gasteiger partial charge on any atom is -0.360 e. The lowest BCUT2D eigenvalue weighted by Gasteiger charge is -2.07. The monoisotopic (exact) mass is 216 g/mol. The van der Waals surface area contributed by atoms with E-state index in [1.807, 2.05) is 6.07 Å². The van der Waals surface area contributed by atoms with Gasteiger partial charge in [-0.3, -0.25) is 0 Å². The Balaban J connectivity index is 1.90. The molecule has 0 amide bonds. The van der Waals surface area contributed by atoms with Crippen LogP contribution in [0.25, 0.3) is 0 Å². The molecule has 1 heterocycles. The SMILES string of the molecule is Cc1ccc(CNCc2ccno2)c(C)c1. The van der Waals surface area contributed by atoms with Gasteiger partial charge in [-0.15, -0.1) is 0 Å². The van der Waals surface area contributed by atoms with Gasteiger partial charge in [0.05, 0.1) is 12.7 Å². The van der Waals surface area contributed by atoms with Gasteiger partial charge in [-0.05, 0) is 25.0 Å². The van der Waals surface area contributed by atoms with E-state index in [2.05, 4.69) is 42.5 Å². The minimum absolute atomic E-state index is 0.716. The maximum absolute atomic E-state index is 5.01. The average molecular weight is 216 g/mol. The van der Waals surface area contributed by atoms with Crippen molar-refractivity contribution in [1.82, 2.24) is 10.5 Å². The van der Waals surface area contributed by atoms with Gasteiger partial charge in [0.2, 0.25) is 0 Å². The first-order valence-corrected chi connectivity index (χ1v) is 5.42. The highest BCUT2D eigenvalue weighted by Gasteiger charge is 2.00. The van der Waals surface area contributed by atoms with Crippen LogP contribution in [0.3, 0.4) is 0 Å². The number of rotatable bonds is 4. The molecule has 3 heteroatoms. The molecule has 2 aromatic rings. The summed E-state index contributed by atoms with van der Waals surface area (Å²) in [7, 11) is 0. The molecule has 0 aliphatic carbocycles. The van der Waals surface area contributed by atoms with Crippen molar-refractivity contribution in [2.24, 2.45) is 0 Å². The maximum Gasteiger partial charge on any atom is 0.150 e.